The summed E-state index contributed by atoms with van der Waals surface area (Å²) in [5, 5.41) is 0. The van der Waals surface area contributed by atoms with Crippen LogP contribution in [0.25, 0.3) is 0 Å². The van der Waals surface area contributed by atoms with Gasteiger partial charge in [0.25, 0.3) is 0 Å². The Hall–Kier alpha value is 1.21. The van der Waals surface area contributed by atoms with Gasteiger partial charge in [0.1, 0.15) is 0 Å². The van der Waals surface area contributed by atoms with Gasteiger partial charge in [-0.2, -0.15) is 0 Å². The Bertz CT molecular complexity index is 74.3. The number of hydrogen-bond donors (Lipinski definition) is 1. The molecule has 0 saturated heterocycles. The molecule has 0 aliphatic rings. The van der Waals surface area contributed by atoms with Crippen molar-refractivity contribution in [2.45, 2.75) is 0 Å². The molecule has 1 rings (SSSR count). The summed E-state index contributed by atoms with van der Waals surface area (Å²) in [6.07, 6.45) is 5.08. The Kier molecular flexibility index (Phi) is 11.4. The van der Waals surface area contributed by atoms with Gasteiger partial charge in [0.15, 0.2) is 0 Å². The van der Waals surface area contributed by atoms with Crippen LogP contribution in [0.5, 0.6) is 0 Å². The summed E-state index contributed by atoms with van der Waals surface area (Å²) >= 11 is 0. The second-order valence-electron chi connectivity index (χ2n) is 0.761. The molecule has 7 heavy (non-hydrogen) atoms. The van der Waals surface area contributed by atoms with Crippen molar-refractivity contribution in [2.75, 3.05) is 0 Å². The maximum atomic E-state index is 3.67. The van der Waals surface area contributed by atoms with E-state index in [1.54, 1.807) is 18.7 Å². The molecule has 0 spiro atoms. The minimum Gasteiger partial charge on any atom is -1.00 e. The van der Waals surface area contributed by atoms with Crippen molar-refractivity contribution in [1.82, 2.24) is 9.97 Å². The molecule has 1 aromatic heterocycles. The maximum Gasteiger partial charge on any atom is 1.00 e. The fourth-order valence-electron chi connectivity index (χ4n) is 0.215. The average molecular weight is 116 g/mol. The van der Waals surface area contributed by atoms with E-state index in [4.69, 9.17) is 0 Å². The third-order valence-corrected chi connectivity index (χ3v) is 0.406. The topological polar surface area (TPSA) is 28.7 Å². The fourth-order valence-corrected chi connectivity index (χ4v) is 0.215. The molecule has 1 heterocycles. The molecular weight excluding hydrogens is 110 g/mol. The molecule has 30 valence electrons. The smallest absolute Gasteiger partial charge is 1.00 e. The minimum absolute atomic E-state index is 0. The fraction of sp³-hybridized carbons (Fsp3) is 0. The van der Waals surface area contributed by atoms with Crippen LogP contribution in [0.4, 0.5) is 0 Å². The molecule has 0 bridgehead atoms. The second-order valence-corrected chi connectivity index (χ2v) is 0.761. The molecule has 0 saturated carbocycles. The van der Waals surface area contributed by atoms with E-state index in [9.17, 15) is 0 Å². The van der Waals surface area contributed by atoms with Crippen molar-refractivity contribution in [3.8, 4) is 0 Å². The molecule has 0 aliphatic heterocycles. The monoisotopic (exact) mass is 116 g/mol. The number of nitrogens with zero attached hydrogens (tertiary/aromatic N) is 1. The Morgan fingerprint density at radius 2 is 2.14 bits per heavy atom. The zero-order valence-electron chi connectivity index (χ0n) is 6.68. The van der Waals surface area contributed by atoms with E-state index in [0.717, 1.165) is 0 Å². The van der Waals surface area contributed by atoms with Gasteiger partial charge < -0.3 is 7.84 Å². The molecule has 0 amide bonds. The van der Waals surface area contributed by atoms with Gasteiger partial charge in [-0.3, -0.25) is 0 Å². The molecule has 2 nitrogen and oxygen atoms in total. The van der Waals surface area contributed by atoms with Crippen molar-refractivity contribution in [2.24, 2.45) is 0 Å². The van der Waals surface area contributed by atoms with Crippen LogP contribution < -0.4 is 59.1 Å². The maximum absolute atomic E-state index is 3.67. The summed E-state index contributed by atoms with van der Waals surface area (Å²) in [4.78, 5) is 6.42. The summed E-state index contributed by atoms with van der Waals surface area (Å²) in [6, 6.07) is 0. The van der Waals surface area contributed by atoms with Gasteiger partial charge in [0.05, 0.1) is 6.33 Å². The molecule has 4 heteroatoms. The Morgan fingerprint density at radius 1 is 1.43 bits per heavy atom. The van der Waals surface area contributed by atoms with E-state index in [1.807, 2.05) is 0 Å². The van der Waals surface area contributed by atoms with Crippen LogP contribution in [0.3, 0.4) is 0 Å². The van der Waals surface area contributed by atoms with Gasteiger partial charge in [-0.25, -0.2) is 4.98 Å². The summed E-state index contributed by atoms with van der Waals surface area (Å²) in [7, 11) is 0. The zero-order chi connectivity index (χ0) is 3.54. The number of nitrogens with one attached hydrogen (secondary N) is 1. The van der Waals surface area contributed by atoms with Crippen molar-refractivity contribution >= 4 is 0 Å². The van der Waals surface area contributed by atoms with Gasteiger partial charge in [-0.05, 0) is 0 Å². The SMILES string of the molecule is [H-].[H-].[Na+].[Na+].c1c[nH]cn1. The first-order valence-corrected chi connectivity index (χ1v) is 1.43. The number of aromatic amines is 1. The number of rotatable bonds is 0. The van der Waals surface area contributed by atoms with Gasteiger partial charge in [0, 0.05) is 12.4 Å². The van der Waals surface area contributed by atoms with E-state index in [-0.39, 0.29) is 62.0 Å². The van der Waals surface area contributed by atoms with Crippen LogP contribution in [0.2, 0.25) is 0 Å². The molecule has 0 aliphatic carbocycles. The predicted molar refractivity (Wildman–Crippen MR) is 20.8 cm³/mol. The van der Waals surface area contributed by atoms with E-state index < -0.39 is 0 Å². The largest absolute Gasteiger partial charge is 1.00 e. The van der Waals surface area contributed by atoms with Crippen LogP contribution >= 0.6 is 0 Å². The summed E-state index contributed by atoms with van der Waals surface area (Å²) in [6.45, 7) is 0. The Balaban J connectivity index is -0.0000000312. The molecular formula is C3H6N2Na2. The quantitative estimate of drug-likeness (QED) is 0.337. The third-order valence-electron chi connectivity index (χ3n) is 0.406. The first kappa shape index (κ1) is 11.1. The van der Waals surface area contributed by atoms with E-state index in [1.165, 1.54) is 0 Å². The Labute approximate surface area is 89.7 Å². The predicted octanol–water partition coefficient (Wildman–Crippen LogP) is -5.36. The van der Waals surface area contributed by atoms with Gasteiger partial charge in [0.2, 0.25) is 0 Å². The number of hydrogen-bond acceptors (Lipinski definition) is 1. The second kappa shape index (κ2) is 7.21. The van der Waals surface area contributed by atoms with E-state index >= 15 is 0 Å². The molecule has 1 aromatic rings. The first-order valence-electron chi connectivity index (χ1n) is 1.43. The number of H-pyrrole nitrogens is 1. The van der Waals surface area contributed by atoms with E-state index in [0.29, 0.717) is 0 Å². The molecule has 0 atom stereocenters. The minimum atomic E-state index is 0. The zero-order valence-corrected chi connectivity index (χ0v) is 8.68. The summed E-state index contributed by atoms with van der Waals surface area (Å²) < 4.78 is 0. The van der Waals surface area contributed by atoms with Crippen LogP contribution in [-0.4, -0.2) is 9.97 Å². The summed E-state index contributed by atoms with van der Waals surface area (Å²) in [5.74, 6) is 0. The standard InChI is InChI=1S/C3H4N2.2Na.2H/c1-2-5-3-4-1;;;;/h1-3H,(H,4,5);;;;/q;2*+1;2*-1. The number of imidazole rings is 1. The van der Waals surface area contributed by atoms with Crippen molar-refractivity contribution in [3.63, 3.8) is 0 Å². The van der Waals surface area contributed by atoms with Crippen molar-refractivity contribution < 1.29 is 62.0 Å². The molecule has 0 radical (unpaired) electrons. The van der Waals surface area contributed by atoms with E-state index in [2.05, 4.69) is 9.97 Å². The van der Waals surface area contributed by atoms with Crippen LogP contribution in [-0.2, 0) is 0 Å². The first-order chi connectivity index (χ1) is 2.50. The molecule has 1 N–H and O–H groups in total. The number of aromatic nitrogens is 2. The van der Waals surface area contributed by atoms with Crippen LogP contribution in [0.15, 0.2) is 18.7 Å². The van der Waals surface area contributed by atoms with Gasteiger partial charge >= 0.3 is 59.1 Å². The molecule has 0 unspecified atom stereocenters. The average Bonchev–Trinajstić information content (AvgIpc) is 1.76. The molecule has 0 aromatic carbocycles. The van der Waals surface area contributed by atoms with Gasteiger partial charge in [-0.1, -0.05) is 0 Å². The Morgan fingerprint density at radius 3 is 2.29 bits per heavy atom. The van der Waals surface area contributed by atoms with Crippen molar-refractivity contribution in [3.05, 3.63) is 18.7 Å². The van der Waals surface area contributed by atoms with Crippen LogP contribution in [0.1, 0.15) is 2.85 Å². The molecule has 0 fully saturated rings. The third kappa shape index (κ3) is 5.07. The van der Waals surface area contributed by atoms with Crippen LogP contribution in [0, 0.1) is 0 Å². The van der Waals surface area contributed by atoms with Crippen molar-refractivity contribution in [1.29, 1.82) is 0 Å². The normalized spacial score (nSPS) is 5.71. The summed E-state index contributed by atoms with van der Waals surface area (Å²) in [5.41, 5.74) is 0. The van der Waals surface area contributed by atoms with Gasteiger partial charge in [-0.15, -0.1) is 0 Å².